The highest BCUT2D eigenvalue weighted by Crippen LogP contribution is 2.19. The van der Waals surface area contributed by atoms with Crippen LogP contribution in [0.2, 0.25) is 0 Å². The Balaban J connectivity index is 2.50. The van der Waals surface area contributed by atoms with Gasteiger partial charge in [0.2, 0.25) is 0 Å². The van der Waals surface area contributed by atoms with Crippen LogP contribution >= 0.6 is 22.9 Å². The molecular weight excluding hydrogens is 166 g/mol. The van der Waals surface area contributed by atoms with Crippen LogP contribution in [0.25, 0.3) is 0 Å². The molecule has 0 saturated carbocycles. The highest BCUT2D eigenvalue weighted by atomic mass is 35.5. The first-order valence-electron chi connectivity index (χ1n) is 3.19. The minimum atomic E-state index is 0.137. The van der Waals surface area contributed by atoms with Crippen molar-refractivity contribution < 1.29 is 0 Å². The number of rotatable bonds is 3. The monoisotopic (exact) mass is 175 g/mol. The van der Waals surface area contributed by atoms with Crippen LogP contribution in [0, 0.1) is 0 Å². The van der Waals surface area contributed by atoms with Crippen LogP contribution in [0.5, 0.6) is 0 Å². The van der Waals surface area contributed by atoms with E-state index in [0.29, 0.717) is 5.88 Å². The Morgan fingerprint density at radius 2 is 2.50 bits per heavy atom. The number of hydrogen-bond donors (Lipinski definition) is 1. The van der Waals surface area contributed by atoms with Crippen molar-refractivity contribution in [1.82, 2.24) is 0 Å². The number of thiophene rings is 1. The first kappa shape index (κ1) is 8.05. The predicted molar refractivity (Wildman–Crippen MR) is 46.6 cm³/mol. The summed E-state index contributed by atoms with van der Waals surface area (Å²) < 4.78 is 0. The molecule has 1 atom stereocenters. The van der Waals surface area contributed by atoms with Gasteiger partial charge in [-0.2, -0.15) is 0 Å². The largest absolute Gasteiger partial charge is 0.323 e. The SMILES string of the molecule is NC(CCCl)c1cccs1. The maximum Gasteiger partial charge on any atom is 0.0401 e. The minimum Gasteiger partial charge on any atom is -0.323 e. The number of nitrogens with two attached hydrogens (primary N) is 1. The van der Waals surface area contributed by atoms with E-state index in [9.17, 15) is 0 Å². The van der Waals surface area contributed by atoms with Crippen LogP contribution < -0.4 is 5.73 Å². The van der Waals surface area contributed by atoms with Gasteiger partial charge in [0.25, 0.3) is 0 Å². The second kappa shape index (κ2) is 3.96. The molecule has 3 heteroatoms. The quantitative estimate of drug-likeness (QED) is 0.702. The van der Waals surface area contributed by atoms with Crippen molar-refractivity contribution in [3.63, 3.8) is 0 Å². The minimum absolute atomic E-state index is 0.137. The highest BCUT2D eigenvalue weighted by Gasteiger charge is 2.04. The van der Waals surface area contributed by atoms with Gasteiger partial charge in [-0.25, -0.2) is 0 Å². The van der Waals surface area contributed by atoms with Crippen molar-refractivity contribution in [2.75, 3.05) is 5.88 Å². The molecule has 1 unspecified atom stereocenters. The summed E-state index contributed by atoms with van der Waals surface area (Å²) in [5.74, 6) is 0.638. The fourth-order valence-corrected chi connectivity index (χ4v) is 1.76. The van der Waals surface area contributed by atoms with Crippen LogP contribution in [0.3, 0.4) is 0 Å². The van der Waals surface area contributed by atoms with Crippen molar-refractivity contribution >= 4 is 22.9 Å². The summed E-state index contributed by atoms with van der Waals surface area (Å²) in [5.41, 5.74) is 5.78. The normalized spacial score (nSPS) is 13.4. The summed E-state index contributed by atoms with van der Waals surface area (Å²) in [7, 11) is 0. The van der Waals surface area contributed by atoms with Gasteiger partial charge in [-0.3, -0.25) is 0 Å². The zero-order valence-corrected chi connectivity index (χ0v) is 7.16. The first-order valence-corrected chi connectivity index (χ1v) is 4.61. The first-order chi connectivity index (χ1) is 4.84. The van der Waals surface area contributed by atoms with Crippen molar-refractivity contribution in [3.8, 4) is 0 Å². The zero-order valence-electron chi connectivity index (χ0n) is 5.59. The van der Waals surface area contributed by atoms with Gasteiger partial charge < -0.3 is 5.73 Å². The molecule has 0 fully saturated rings. The van der Waals surface area contributed by atoms with Gasteiger partial charge in [0.1, 0.15) is 0 Å². The maximum absolute atomic E-state index is 5.78. The highest BCUT2D eigenvalue weighted by molar-refractivity contribution is 7.10. The lowest BCUT2D eigenvalue weighted by atomic mass is 10.2. The molecule has 0 spiro atoms. The molecule has 56 valence electrons. The van der Waals surface area contributed by atoms with Crippen LogP contribution in [0.15, 0.2) is 17.5 Å². The topological polar surface area (TPSA) is 26.0 Å². The van der Waals surface area contributed by atoms with Gasteiger partial charge in [-0.1, -0.05) is 6.07 Å². The number of halogens is 1. The third-order valence-electron chi connectivity index (χ3n) is 1.33. The molecule has 0 aliphatic rings. The molecule has 0 radical (unpaired) electrons. The van der Waals surface area contributed by atoms with E-state index in [4.69, 9.17) is 17.3 Å². The van der Waals surface area contributed by atoms with E-state index >= 15 is 0 Å². The lowest BCUT2D eigenvalue weighted by Gasteiger charge is -2.04. The van der Waals surface area contributed by atoms with Crippen LogP contribution in [0.1, 0.15) is 17.3 Å². The standard InChI is InChI=1S/C7H10ClNS/c8-4-3-6(9)7-2-1-5-10-7/h1-2,5-6H,3-4,9H2. The van der Waals surface area contributed by atoms with Crippen LogP contribution in [0.4, 0.5) is 0 Å². The smallest absolute Gasteiger partial charge is 0.0401 e. The molecule has 0 aliphatic carbocycles. The maximum atomic E-state index is 5.78. The Hall–Kier alpha value is -0.0500. The molecule has 2 N–H and O–H groups in total. The summed E-state index contributed by atoms with van der Waals surface area (Å²) in [6, 6.07) is 4.19. The summed E-state index contributed by atoms with van der Waals surface area (Å²) in [6.45, 7) is 0. The van der Waals surface area contributed by atoms with Gasteiger partial charge >= 0.3 is 0 Å². The van der Waals surface area contributed by atoms with Crippen molar-refractivity contribution in [3.05, 3.63) is 22.4 Å². The lowest BCUT2D eigenvalue weighted by Crippen LogP contribution is -2.08. The van der Waals surface area contributed by atoms with Gasteiger partial charge in [0.15, 0.2) is 0 Å². The molecule has 10 heavy (non-hydrogen) atoms. The second-order valence-electron chi connectivity index (χ2n) is 2.10. The second-order valence-corrected chi connectivity index (χ2v) is 3.46. The molecular formula is C7H10ClNS. The fourth-order valence-electron chi connectivity index (χ4n) is 0.762. The van der Waals surface area contributed by atoms with E-state index in [1.165, 1.54) is 4.88 Å². The fraction of sp³-hybridized carbons (Fsp3) is 0.429. The Morgan fingerprint density at radius 3 is 3.00 bits per heavy atom. The van der Waals surface area contributed by atoms with E-state index < -0.39 is 0 Å². The Kier molecular flexibility index (Phi) is 3.19. The van der Waals surface area contributed by atoms with Gasteiger partial charge in [-0.15, -0.1) is 22.9 Å². The molecule has 0 bridgehead atoms. The van der Waals surface area contributed by atoms with Crippen LogP contribution in [-0.2, 0) is 0 Å². The van der Waals surface area contributed by atoms with E-state index in [-0.39, 0.29) is 6.04 Å². The zero-order chi connectivity index (χ0) is 7.40. The van der Waals surface area contributed by atoms with Gasteiger partial charge in [-0.05, 0) is 17.9 Å². The Bertz CT molecular complexity index is 174. The third-order valence-corrected chi connectivity index (χ3v) is 2.55. The van der Waals surface area contributed by atoms with Crippen molar-refractivity contribution in [2.45, 2.75) is 12.5 Å². The van der Waals surface area contributed by atoms with E-state index in [2.05, 4.69) is 0 Å². The Labute approximate surface area is 69.8 Å². The molecule has 1 aromatic rings. The van der Waals surface area contributed by atoms with Crippen molar-refractivity contribution in [2.24, 2.45) is 5.73 Å². The molecule has 0 aromatic carbocycles. The number of hydrogen-bond acceptors (Lipinski definition) is 2. The molecule has 1 aromatic heterocycles. The Morgan fingerprint density at radius 1 is 1.70 bits per heavy atom. The van der Waals surface area contributed by atoms with E-state index in [1.54, 1.807) is 11.3 Å². The molecule has 0 aliphatic heterocycles. The average molecular weight is 176 g/mol. The van der Waals surface area contributed by atoms with Crippen molar-refractivity contribution in [1.29, 1.82) is 0 Å². The van der Waals surface area contributed by atoms with Crippen LogP contribution in [-0.4, -0.2) is 5.88 Å². The molecule has 0 saturated heterocycles. The van der Waals surface area contributed by atoms with E-state index in [0.717, 1.165) is 6.42 Å². The summed E-state index contributed by atoms with van der Waals surface area (Å²) in [5, 5.41) is 2.03. The summed E-state index contributed by atoms with van der Waals surface area (Å²) >= 11 is 7.23. The third kappa shape index (κ3) is 1.97. The molecule has 1 rings (SSSR count). The summed E-state index contributed by atoms with van der Waals surface area (Å²) in [4.78, 5) is 1.22. The molecule has 1 heterocycles. The molecule has 1 nitrogen and oxygen atoms in total. The van der Waals surface area contributed by atoms with Gasteiger partial charge in [0.05, 0.1) is 0 Å². The van der Waals surface area contributed by atoms with Gasteiger partial charge in [0, 0.05) is 16.8 Å². The number of alkyl halides is 1. The predicted octanol–water partition coefficient (Wildman–Crippen LogP) is 2.38. The summed E-state index contributed by atoms with van der Waals surface area (Å²) in [6.07, 6.45) is 0.863. The lowest BCUT2D eigenvalue weighted by molar-refractivity contribution is 0.717. The molecule has 0 amide bonds. The average Bonchev–Trinajstić information content (AvgIpc) is 2.38. The van der Waals surface area contributed by atoms with E-state index in [1.807, 2.05) is 17.5 Å².